The lowest BCUT2D eigenvalue weighted by Crippen LogP contribution is -2.13. The van der Waals surface area contributed by atoms with Crippen molar-refractivity contribution in [2.24, 2.45) is 0 Å². The largest absolute Gasteiger partial charge is 0.496 e. The van der Waals surface area contributed by atoms with E-state index < -0.39 is 0 Å². The maximum Gasteiger partial charge on any atom is 0.259 e. The van der Waals surface area contributed by atoms with Gasteiger partial charge in [0.25, 0.3) is 5.91 Å². The van der Waals surface area contributed by atoms with E-state index in [0.29, 0.717) is 17.0 Å². The van der Waals surface area contributed by atoms with Gasteiger partial charge >= 0.3 is 0 Å². The van der Waals surface area contributed by atoms with Crippen LogP contribution in [0.1, 0.15) is 15.9 Å². The number of hydrogen-bond acceptors (Lipinski definition) is 4. The van der Waals surface area contributed by atoms with Gasteiger partial charge in [-0.2, -0.15) is 0 Å². The molecule has 0 saturated carbocycles. The lowest BCUT2D eigenvalue weighted by atomic mass is 10.1. The Labute approximate surface area is 163 Å². The number of aromatic nitrogens is 1. The summed E-state index contributed by atoms with van der Waals surface area (Å²) in [5.74, 6) is 1.03. The Morgan fingerprint density at radius 2 is 1.96 bits per heavy atom. The lowest BCUT2D eigenvalue weighted by Gasteiger charge is -2.10. The van der Waals surface area contributed by atoms with Crippen molar-refractivity contribution in [2.75, 3.05) is 24.3 Å². The second-order valence-electron chi connectivity index (χ2n) is 5.89. The van der Waals surface area contributed by atoms with Crippen LogP contribution < -0.4 is 15.4 Å². The van der Waals surface area contributed by atoms with Crippen molar-refractivity contribution >= 4 is 29.0 Å². The molecular weight excluding hydrogens is 362 g/mol. The van der Waals surface area contributed by atoms with Crippen molar-refractivity contribution in [3.63, 3.8) is 0 Å². The van der Waals surface area contributed by atoms with Crippen molar-refractivity contribution in [2.45, 2.75) is 6.42 Å². The zero-order valence-electron chi connectivity index (χ0n) is 14.9. The number of nitrogens with zero attached hydrogens (tertiary/aromatic N) is 1. The first-order valence-electron chi connectivity index (χ1n) is 8.54. The normalized spacial score (nSPS) is 10.3. The van der Waals surface area contributed by atoms with Crippen LogP contribution in [0.2, 0.25) is 5.02 Å². The van der Waals surface area contributed by atoms with Gasteiger partial charge in [-0.25, -0.2) is 4.98 Å². The number of amides is 1. The van der Waals surface area contributed by atoms with Gasteiger partial charge in [0.05, 0.1) is 24.6 Å². The summed E-state index contributed by atoms with van der Waals surface area (Å²) >= 11 is 5.99. The van der Waals surface area contributed by atoms with Crippen molar-refractivity contribution in [3.8, 4) is 5.75 Å². The van der Waals surface area contributed by atoms with Crippen LogP contribution in [-0.2, 0) is 6.42 Å². The molecule has 1 heterocycles. The number of anilines is 2. The standard InChI is InChI=1S/C21H20ClN3O2/c1-27-19-8-3-2-7-18(19)21(26)25-17-9-10-20(24-14-17)23-12-11-15-5-4-6-16(22)13-15/h2-10,13-14H,11-12H2,1H3,(H,23,24)(H,25,26). The van der Waals surface area contributed by atoms with E-state index in [9.17, 15) is 4.79 Å². The Bertz CT molecular complexity index is 913. The topological polar surface area (TPSA) is 63.2 Å². The molecule has 0 saturated heterocycles. The van der Waals surface area contributed by atoms with Gasteiger partial charge in [-0.3, -0.25) is 4.79 Å². The van der Waals surface area contributed by atoms with Crippen LogP contribution >= 0.6 is 11.6 Å². The predicted molar refractivity (Wildman–Crippen MR) is 109 cm³/mol. The van der Waals surface area contributed by atoms with E-state index in [0.717, 1.165) is 29.4 Å². The molecule has 3 rings (SSSR count). The maximum absolute atomic E-state index is 12.4. The maximum atomic E-state index is 12.4. The molecule has 3 aromatic rings. The first-order chi connectivity index (χ1) is 13.2. The van der Waals surface area contributed by atoms with Gasteiger partial charge in [-0.1, -0.05) is 35.9 Å². The van der Waals surface area contributed by atoms with E-state index in [1.807, 2.05) is 42.5 Å². The van der Waals surface area contributed by atoms with Gasteiger partial charge in [0.1, 0.15) is 11.6 Å². The highest BCUT2D eigenvalue weighted by Crippen LogP contribution is 2.19. The first kappa shape index (κ1) is 18.7. The summed E-state index contributed by atoms with van der Waals surface area (Å²) in [6, 6.07) is 18.5. The van der Waals surface area contributed by atoms with Crippen molar-refractivity contribution in [1.29, 1.82) is 0 Å². The number of carbonyl (C=O) groups is 1. The Hall–Kier alpha value is -3.05. The van der Waals surface area contributed by atoms with E-state index in [2.05, 4.69) is 15.6 Å². The fraction of sp³-hybridized carbons (Fsp3) is 0.143. The first-order valence-corrected chi connectivity index (χ1v) is 8.92. The summed E-state index contributed by atoms with van der Waals surface area (Å²) in [7, 11) is 1.54. The van der Waals surface area contributed by atoms with E-state index >= 15 is 0 Å². The number of pyridine rings is 1. The van der Waals surface area contributed by atoms with E-state index in [1.54, 1.807) is 24.4 Å². The quantitative estimate of drug-likeness (QED) is 0.625. The highest BCUT2D eigenvalue weighted by molar-refractivity contribution is 6.30. The molecule has 0 bridgehead atoms. The molecule has 1 aromatic heterocycles. The number of methoxy groups -OCH3 is 1. The van der Waals surface area contributed by atoms with Crippen LogP contribution in [0.3, 0.4) is 0 Å². The van der Waals surface area contributed by atoms with Crippen LogP contribution in [0.4, 0.5) is 11.5 Å². The summed E-state index contributed by atoms with van der Waals surface area (Å²) in [6.07, 6.45) is 2.46. The smallest absolute Gasteiger partial charge is 0.259 e. The summed E-state index contributed by atoms with van der Waals surface area (Å²) in [5.41, 5.74) is 2.26. The lowest BCUT2D eigenvalue weighted by molar-refractivity contribution is 0.102. The molecule has 0 atom stereocenters. The minimum atomic E-state index is -0.240. The van der Waals surface area contributed by atoms with Gasteiger partial charge in [-0.15, -0.1) is 0 Å². The second kappa shape index (κ2) is 9.05. The van der Waals surface area contributed by atoms with Crippen molar-refractivity contribution in [3.05, 3.63) is 83.0 Å². The SMILES string of the molecule is COc1ccccc1C(=O)Nc1ccc(NCCc2cccc(Cl)c2)nc1. The molecule has 0 fully saturated rings. The minimum absolute atomic E-state index is 0.240. The molecule has 1 amide bonds. The highest BCUT2D eigenvalue weighted by Gasteiger charge is 2.11. The van der Waals surface area contributed by atoms with Crippen LogP contribution in [0, 0.1) is 0 Å². The van der Waals surface area contributed by atoms with E-state index in [4.69, 9.17) is 16.3 Å². The molecule has 6 heteroatoms. The molecule has 2 N–H and O–H groups in total. The van der Waals surface area contributed by atoms with Crippen molar-refractivity contribution in [1.82, 2.24) is 4.98 Å². The number of carbonyl (C=O) groups excluding carboxylic acids is 1. The third kappa shape index (κ3) is 5.21. The summed E-state index contributed by atoms with van der Waals surface area (Å²) in [5, 5.41) is 6.82. The summed E-state index contributed by atoms with van der Waals surface area (Å²) in [4.78, 5) is 16.7. The van der Waals surface area contributed by atoms with Crippen LogP contribution in [0.15, 0.2) is 66.9 Å². The molecule has 2 aromatic carbocycles. The number of benzene rings is 2. The molecule has 0 aliphatic rings. The molecule has 0 spiro atoms. The van der Waals surface area contributed by atoms with Gasteiger partial charge < -0.3 is 15.4 Å². The zero-order chi connectivity index (χ0) is 19.1. The molecular formula is C21H20ClN3O2. The summed E-state index contributed by atoms with van der Waals surface area (Å²) < 4.78 is 5.22. The van der Waals surface area contributed by atoms with E-state index in [1.165, 1.54) is 7.11 Å². The van der Waals surface area contributed by atoms with Crippen LogP contribution in [-0.4, -0.2) is 24.5 Å². The number of para-hydroxylation sites is 1. The monoisotopic (exact) mass is 381 g/mol. The van der Waals surface area contributed by atoms with Gasteiger partial charge in [0.15, 0.2) is 0 Å². The Balaban J connectivity index is 1.54. The molecule has 0 radical (unpaired) electrons. The van der Waals surface area contributed by atoms with Crippen LogP contribution in [0.5, 0.6) is 5.75 Å². The van der Waals surface area contributed by atoms with Gasteiger partial charge in [0, 0.05) is 11.6 Å². The fourth-order valence-corrected chi connectivity index (χ4v) is 2.84. The number of ether oxygens (including phenoxy) is 1. The van der Waals surface area contributed by atoms with E-state index in [-0.39, 0.29) is 5.91 Å². The number of halogens is 1. The number of nitrogens with one attached hydrogen (secondary N) is 2. The average Bonchev–Trinajstić information content (AvgIpc) is 2.69. The van der Waals surface area contributed by atoms with Crippen LogP contribution in [0.25, 0.3) is 0 Å². The zero-order valence-corrected chi connectivity index (χ0v) is 15.7. The fourth-order valence-electron chi connectivity index (χ4n) is 2.63. The van der Waals surface area contributed by atoms with Gasteiger partial charge in [-0.05, 0) is 48.4 Å². The Morgan fingerprint density at radius 3 is 2.70 bits per heavy atom. The Kier molecular flexibility index (Phi) is 6.28. The average molecular weight is 382 g/mol. The molecule has 138 valence electrons. The summed E-state index contributed by atoms with van der Waals surface area (Å²) in [6.45, 7) is 0.736. The molecule has 5 nitrogen and oxygen atoms in total. The third-order valence-electron chi connectivity index (χ3n) is 3.98. The molecule has 0 aliphatic carbocycles. The highest BCUT2D eigenvalue weighted by atomic mass is 35.5. The number of hydrogen-bond donors (Lipinski definition) is 2. The number of rotatable bonds is 7. The van der Waals surface area contributed by atoms with Gasteiger partial charge in [0.2, 0.25) is 0 Å². The molecule has 27 heavy (non-hydrogen) atoms. The van der Waals surface area contributed by atoms with Crippen molar-refractivity contribution < 1.29 is 9.53 Å². The predicted octanol–water partition coefficient (Wildman–Crippen LogP) is 4.65. The third-order valence-corrected chi connectivity index (χ3v) is 4.22. The molecule has 0 unspecified atom stereocenters. The Morgan fingerprint density at radius 1 is 1.11 bits per heavy atom. The second-order valence-corrected chi connectivity index (χ2v) is 6.33. The molecule has 0 aliphatic heterocycles. The minimum Gasteiger partial charge on any atom is -0.496 e.